The SMILES string of the molecule is CC1C2CCC(C2)C1CC(C)(CC(C)(CC(C)(CC(C)(C)C(=O)OC1(C)CCCC1)C(=O)OC12CC3CC(CC(O)(C3)C1)C2)C(=O)OC1CCOC1=O)C(=O)OC1(C)C2CC3CC(C2)CC1C3. The van der Waals surface area contributed by atoms with Gasteiger partial charge in [-0.05, 0) is 242 Å². The van der Waals surface area contributed by atoms with Crippen molar-refractivity contribution < 1.29 is 52.8 Å². The summed E-state index contributed by atoms with van der Waals surface area (Å²) in [5.41, 5.74) is -8.30. The third-order valence-electron chi connectivity index (χ3n) is 21.1. The largest absolute Gasteiger partial charge is 0.463 e. The molecular formula is C56H84O11. The van der Waals surface area contributed by atoms with E-state index in [0.29, 0.717) is 80.0 Å². The molecule has 10 bridgehead atoms. The van der Waals surface area contributed by atoms with E-state index in [2.05, 4.69) is 13.8 Å². The topological polar surface area (TPSA) is 152 Å². The molecule has 1 aliphatic heterocycles. The normalized spacial score (nSPS) is 43.5. The van der Waals surface area contributed by atoms with Crippen molar-refractivity contribution >= 4 is 29.8 Å². The maximum Gasteiger partial charge on any atom is 0.347 e. The molecule has 374 valence electrons. The van der Waals surface area contributed by atoms with Crippen molar-refractivity contribution in [3.63, 3.8) is 0 Å². The lowest BCUT2D eigenvalue weighted by Gasteiger charge is -2.59. The van der Waals surface area contributed by atoms with Gasteiger partial charge in [-0.2, -0.15) is 0 Å². The molecule has 0 aromatic rings. The molecule has 0 aromatic heterocycles. The predicted molar refractivity (Wildman–Crippen MR) is 248 cm³/mol. The first kappa shape index (κ1) is 48.0. The maximum absolute atomic E-state index is 15.7. The van der Waals surface area contributed by atoms with E-state index in [1.807, 2.05) is 34.6 Å². The number of hydrogen-bond donors (Lipinski definition) is 1. The van der Waals surface area contributed by atoms with E-state index in [0.717, 1.165) is 70.6 Å². The van der Waals surface area contributed by atoms with Crippen LogP contribution >= 0.6 is 0 Å². The van der Waals surface area contributed by atoms with E-state index in [-0.39, 0.29) is 56.0 Å². The second kappa shape index (κ2) is 16.4. The van der Waals surface area contributed by atoms with Gasteiger partial charge in [0.05, 0.1) is 33.9 Å². The molecule has 11 nitrogen and oxygen atoms in total. The minimum absolute atomic E-state index is 0.00360. The van der Waals surface area contributed by atoms with Gasteiger partial charge >= 0.3 is 29.8 Å². The highest BCUT2D eigenvalue weighted by molar-refractivity contribution is 5.86. The van der Waals surface area contributed by atoms with Crippen molar-refractivity contribution in [2.24, 2.45) is 80.8 Å². The van der Waals surface area contributed by atoms with Crippen LogP contribution in [0.2, 0.25) is 0 Å². The summed E-state index contributed by atoms with van der Waals surface area (Å²) in [6.07, 6.45) is 16.3. The van der Waals surface area contributed by atoms with Crippen LogP contribution in [0.1, 0.15) is 203 Å². The second-order valence-corrected chi connectivity index (χ2v) is 27.7. The van der Waals surface area contributed by atoms with Crippen LogP contribution in [0.15, 0.2) is 0 Å². The summed E-state index contributed by atoms with van der Waals surface area (Å²) in [7, 11) is 0. The first-order valence-electron chi connectivity index (χ1n) is 27.1. The summed E-state index contributed by atoms with van der Waals surface area (Å²) >= 11 is 0. The van der Waals surface area contributed by atoms with Gasteiger partial charge in [-0.25, -0.2) is 4.79 Å². The molecular weight excluding hydrogens is 849 g/mol. The fraction of sp³-hybridized carbons (Fsp3) is 0.911. The first-order valence-corrected chi connectivity index (χ1v) is 27.1. The minimum Gasteiger partial charge on any atom is -0.463 e. The first-order chi connectivity index (χ1) is 31.3. The molecule has 0 spiro atoms. The van der Waals surface area contributed by atoms with Crippen molar-refractivity contribution in [1.29, 1.82) is 0 Å². The van der Waals surface area contributed by atoms with Crippen molar-refractivity contribution in [1.82, 2.24) is 0 Å². The minimum atomic E-state index is -1.53. The Labute approximate surface area is 400 Å². The summed E-state index contributed by atoms with van der Waals surface area (Å²) in [4.78, 5) is 74.2. The number of esters is 5. The number of ether oxygens (including phenoxy) is 5. The molecule has 11 heteroatoms. The zero-order valence-electron chi connectivity index (χ0n) is 42.4. The Morgan fingerprint density at radius 1 is 0.657 bits per heavy atom. The van der Waals surface area contributed by atoms with E-state index in [1.165, 1.54) is 12.8 Å². The average molecular weight is 933 g/mol. The number of carbonyl (C=O) groups is 5. The van der Waals surface area contributed by atoms with E-state index >= 15 is 14.4 Å². The van der Waals surface area contributed by atoms with Gasteiger partial charge < -0.3 is 28.8 Å². The Morgan fingerprint density at radius 3 is 1.79 bits per heavy atom. The predicted octanol–water partition coefficient (Wildman–Crippen LogP) is 10.4. The van der Waals surface area contributed by atoms with Crippen LogP contribution < -0.4 is 0 Å². The van der Waals surface area contributed by atoms with E-state index in [4.69, 9.17) is 23.7 Å². The van der Waals surface area contributed by atoms with Crippen LogP contribution in [0, 0.1) is 80.8 Å². The highest BCUT2D eigenvalue weighted by Crippen LogP contribution is 2.63. The molecule has 10 unspecified atom stereocenters. The molecule has 12 rings (SSSR count). The lowest BCUT2D eigenvalue weighted by molar-refractivity contribution is -0.228. The maximum atomic E-state index is 15.7. The van der Waals surface area contributed by atoms with Gasteiger partial charge in [0.15, 0.2) is 0 Å². The van der Waals surface area contributed by atoms with E-state index in [1.54, 1.807) is 6.92 Å². The smallest absolute Gasteiger partial charge is 0.347 e. The fourth-order valence-electron chi connectivity index (χ4n) is 18.6. The summed E-state index contributed by atoms with van der Waals surface area (Å²) in [5, 5.41) is 11.8. The van der Waals surface area contributed by atoms with Gasteiger partial charge in [0.25, 0.3) is 0 Å². The van der Waals surface area contributed by atoms with Gasteiger partial charge in [0, 0.05) is 12.8 Å². The number of rotatable bonds is 16. The fourth-order valence-corrected chi connectivity index (χ4v) is 18.6. The lowest BCUT2D eigenvalue weighted by Crippen LogP contribution is -2.61. The highest BCUT2D eigenvalue weighted by Gasteiger charge is 2.64. The molecule has 11 aliphatic carbocycles. The van der Waals surface area contributed by atoms with Crippen molar-refractivity contribution in [2.45, 2.75) is 232 Å². The van der Waals surface area contributed by atoms with Gasteiger partial charge in [-0.15, -0.1) is 0 Å². The number of fused-ring (bicyclic) bond motifs is 2. The van der Waals surface area contributed by atoms with Gasteiger partial charge in [-0.3, -0.25) is 19.2 Å². The molecule has 0 amide bonds. The van der Waals surface area contributed by atoms with E-state index in [9.17, 15) is 14.7 Å². The summed E-state index contributed by atoms with van der Waals surface area (Å²) in [5.74, 6) is 1.80. The average Bonchev–Trinajstić information content (AvgIpc) is 4.03. The molecule has 12 aliphatic rings. The standard InChI is InChI=1S/C56H84O11/c1-33-38-11-12-39(23-38)42(33)28-50(4,47(60)66-54(8)40-19-34-17-35(21-40)22-41(54)20-34)30-52(6,46(59)64-43-13-16-63-44(43)57)31-51(5,29-49(2,3)45(58)65-53(7)14-9-10-15-53)48(61)67-56-26-36-18-37(27-56)25-55(62,24-36)32-56/h33-43,62H,9-32H2,1-8H3. The Hall–Kier alpha value is -2.69. The third-order valence-corrected chi connectivity index (χ3v) is 21.1. The summed E-state index contributed by atoms with van der Waals surface area (Å²) < 4.78 is 31.8. The monoisotopic (exact) mass is 933 g/mol. The quantitative estimate of drug-likeness (QED) is 0.116. The zero-order valence-corrected chi connectivity index (χ0v) is 42.4. The number of hydrogen-bond acceptors (Lipinski definition) is 11. The van der Waals surface area contributed by atoms with Crippen LogP contribution in [0.25, 0.3) is 0 Å². The Kier molecular flexibility index (Phi) is 11.8. The molecule has 0 aromatic carbocycles. The molecule has 67 heavy (non-hydrogen) atoms. The molecule has 11 saturated carbocycles. The second-order valence-electron chi connectivity index (χ2n) is 27.7. The molecule has 12 fully saturated rings. The van der Waals surface area contributed by atoms with Gasteiger partial charge in [0.1, 0.15) is 16.8 Å². The number of carbonyl (C=O) groups excluding carboxylic acids is 5. The van der Waals surface area contributed by atoms with Gasteiger partial charge in [-0.1, -0.05) is 6.92 Å². The van der Waals surface area contributed by atoms with Crippen molar-refractivity contribution in [3.8, 4) is 0 Å². The molecule has 1 heterocycles. The van der Waals surface area contributed by atoms with Crippen molar-refractivity contribution in [3.05, 3.63) is 0 Å². The van der Waals surface area contributed by atoms with Crippen molar-refractivity contribution in [2.75, 3.05) is 6.61 Å². The number of cyclic esters (lactones) is 1. The Bertz CT molecular complexity index is 1960. The van der Waals surface area contributed by atoms with Crippen LogP contribution in [-0.4, -0.2) is 70.1 Å². The lowest BCUT2D eigenvalue weighted by atomic mass is 9.50. The Morgan fingerprint density at radius 2 is 1.22 bits per heavy atom. The zero-order chi connectivity index (χ0) is 47.7. The summed E-state index contributed by atoms with van der Waals surface area (Å²) in [6.45, 7) is 15.9. The molecule has 1 saturated heterocycles. The Balaban J connectivity index is 1.02. The molecule has 0 radical (unpaired) electrons. The third kappa shape index (κ3) is 8.71. The van der Waals surface area contributed by atoms with E-state index < -0.39 is 74.0 Å². The number of aliphatic hydroxyl groups is 1. The van der Waals surface area contributed by atoms with Gasteiger partial charge in [0.2, 0.25) is 6.10 Å². The molecule has 10 atom stereocenters. The van der Waals surface area contributed by atoms with Crippen LogP contribution in [0.5, 0.6) is 0 Å². The summed E-state index contributed by atoms with van der Waals surface area (Å²) in [6, 6.07) is 0. The molecule has 1 N–H and O–H groups in total. The van der Waals surface area contributed by atoms with Crippen LogP contribution in [-0.2, 0) is 47.7 Å². The highest BCUT2D eigenvalue weighted by atomic mass is 16.6. The van der Waals surface area contributed by atoms with Crippen LogP contribution in [0.3, 0.4) is 0 Å². The van der Waals surface area contributed by atoms with Crippen LogP contribution in [0.4, 0.5) is 0 Å².